The summed E-state index contributed by atoms with van der Waals surface area (Å²) in [6.45, 7) is 8.42. The minimum absolute atomic E-state index is 0.283. The van der Waals surface area contributed by atoms with Crippen LogP contribution in [0.15, 0.2) is 0 Å². The number of likely N-dealkylation sites (tertiary alicyclic amines) is 1. The number of Topliss-reactive ketones (excluding diaryl/α,β-unsaturated/α-hetero) is 1. The molecular weight excluding hydrogens is 448 g/mol. The molecule has 1 heterocycles. The Balaban J connectivity index is 2.99. The van der Waals surface area contributed by atoms with E-state index in [2.05, 4.69) is 10.7 Å². The van der Waals surface area contributed by atoms with Crippen LogP contribution in [0.2, 0.25) is 0 Å². The van der Waals surface area contributed by atoms with Gasteiger partial charge < -0.3 is 21.1 Å². The SMILES string of the molecule is CC(=O)C(C)(O)C(=O)N(C)C(=O)N(NC(=O)[C@@H]1CCCN1C(=O)[C@H](C)NC(=O)[C@H](C)N)C(C)C. The average Bonchev–Trinajstić information content (AvgIpc) is 3.24. The Hall–Kier alpha value is -3.06. The summed E-state index contributed by atoms with van der Waals surface area (Å²) in [6.07, 6.45) is 0.868. The molecule has 0 aromatic heterocycles. The number of nitrogens with two attached hydrogens (primary N) is 1. The van der Waals surface area contributed by atoms with Crippen LogP contribution < -0.4 is 16.5 Å². The molecule has 0 saturated carbocycles. The van der Waals surface area contributed by atoms with E-state index in [0.717, 1.165) is 25.9 Å². The average molecular weight is 485 g/mol. The van der Waals surface area contributed by atoms with E-state index in [0.29, 0.717) is 17.7 Å². The first-order valence-corrected chi connectivity index (χ1v) is 11.1. The van der Waals surface area contributed by atoms with E-state index in [1.54, 1.807) is 13.8 Å². The van der Waals surface area contributed by atoms with E-state index in [1.165, 1.54) is 18.7 Å². The number of amides is 6. The van der Waals surface area contributed by atoms with Crippen LogP contribution >= 0.6 is 0 Å². The summed E-state index contributed by atoms with van der Waals surface area (Å²) in [5, 5.41) is 13.5. The van der Waals surface area contributed by atoms with Gasteiger partial charge in [0.25, 0.3) is 11.8 Å². The maximum atomic E-state index is 13.0. The molecule has 0 aromatic carbocycles. The molecule has 1 aliphatic heterocycles. The summed E-state index contributed by atoms with van der Waals surface area (Å²) in [5.41, 5.74) is 5.54. The molecular formula is C21H36N6O7. The van der Waals surface area contributed by atoms with Gasteiger partial charge in [-0.1, -0.05) is 0 Å². The second-order valence-electron chi connectivity index (χ2n) is 8.92. The minimum Gasteiger partial charge on any atom is -0.373 e. The highest BCUT2D eigenvalue weighted by atomic mass is 16.3. The van der Waals surface area contributed by atoms with Gasteiger partial charge in [0.05, 0.1) is 6.04 Å². The van der Waals surface area contributed by atoms with Crippen molar-refractivity contribution in [3.63, 3.8) is 0 Å². The van der Waals surface area contributed by atoms with E-state index in [-0.39, 0.29) is 6.54 Å². The molecule has 0 aliphatic carbocycles. The van der Waals surface area contributed by atoms with Crippen LogP contribution in [-0.2, 0) is 24.0 Å². The molecule has 5 N–H and O–H groups in total. The number of hydrogen-bond acceptors (Lipinski definition) is 8. The lowest BCUT2D eigenvalue weighted by molar-refractivity contribution is -0.154. The van der Waals surface area contributed by atoms with Gasteiger partial charge in [0.15, 0.2) is 11.4 Å². The summed E-state index contributed by atoms with van der Waals surface area (Å²) < 4.78 is 0. The second-order valence-corrected chi connectivity index (χ2v) is 8.92. The number of imide groups is 1. The number of nitrogens with one attached hydrogen (secondary N) is 2. The van der Waals surface area contributed by atoms with Crippen LogP contribution in [0.3, 0.4) is 0 Å². The molecule has 13 nitrogen and oxygen atoms in total. The standard InChI is InChI=1S/C21H36N6O7/c1-11(2)27(20(33)25(7)19(32)21(6,34)14(5)28)24-17(30)15-9-8-10-26(15)18(31)13(4)23-16(29)12(3)22/h11-13,15,34H,8-10,22H2,1-7H3,(H,23,29)(H,24,30)/t12-,13-,15-,21?/m0/s1. The second kappa shape index (κ2) is 11.4. The molecule has 34 heavy (non-hydrogen) atoms. The molecule has 0 spiro atoms. The van der Waals surface area contributed by atoms with Gasteiger partial charge in [0, 0.05) is 19.6 Å². The molecule has 1 aliphatic rings. The van der Waals surface area contributed by atoms with Gasteiger partial charge in [-0.15, -0.1) is 0 Å². The van der Waals surface area contributed by atoms with Gasteiger partial charge in [-0.2, -0.15) is 0 Å². The van der Waals surface area contributed by atoms with E-state index >= 15 is 0 Å². The first kappa shape index (κ1) is 29.0. The van der Waals surface area contributed by atoms with Gasteiger partial charge in [0.2, 0.25) is 11.8 Å². The molecule has 0 bridgehead atoms. The molecule has 1 saturated heterocycles. The van der Waals surface area contributed by atoms with Crippen molar-refractivity contribution in [3.8, 4) is 0 Å². The van der Waals surface area contributed by atoms with E-state index in [4.69, 9.17) is 5.73 Å². The van der Waals surface area contributed by atoms with Crippen molar-refractivity contribution in [2.45, 2.75) is 84.2 Å². The Morgan fingerprint density at radius 3 is 2.15 bits per heavy atom. The van der Waals surface area contributed by atoms with E-state index < -0.39 is 65.2 Å². The van der Waals surface area contributed by atoms with Crippen molar-refractivity contribution in [1.29, 1.82) is 0 Å². The van der Waals surface area contributed by atoms with Crippen molar-refractivity contribution < 1.29 is 33.9 Å². The first-order valence-electron chi connectivity index (χ1n) is 11.1. The van der Waals surface area contributed by atoms with Gasteiger partial charge in [-0.3, -0.25) is 34.3 Å². The number of hydrazine groups is 1. The van der Waals surface area contributed by atoms with Gasteiger partial charge in [-0.25, -0.2) is 9.80 Å². The number of nitrogens with zero attached hydrogens (tertiary/aromatic N) is 3. The molecule has 1 rings (SSSR count). The quantitative estimate of drug-likeness (QED) is 0.248. The highest BCUT2D eigenvalue weighted by Gasteiger charge is 2.42. The van der Waals surface area contributed by atoms with E-state index in [9.17, 15) is 33.9 Å². The minimum atomic E-state index is -2.41. The number of carbonyl (C=O) groups excluding carboxylic acids is 6. The fourth-order valence-corrected chi connectivity index (χ4v) is 3.28. The van der Waals surface area contributed by atoms with Crippen LogP contribution in [-0.4, -0.2) is 98.7 Å². The van der Waals surface area contributed by atoms with Crippen LogP contribution in [0, 0.1) is 0 Å². The summed E-state index contributed by atoms with van der Waals surface area (Å²) >= 11 is 0. The van der Waals surface area contributed by atoms with Crippen LogP contribution in [0.4, 0.5) is 4.79 Å². The van der Waals surface area contributed by atoms with Crippen molar-refractivity contribution in [2.75, 3.05) is 13.6 Å². The number of rotatable bonds is 7. The predicted octanol–water partition coefficient (Wildman–Crippen LogP) is -1.51. The highest BCUT2D eigenvalue weighted by molar-refractivity contribution is 6.12. The van der Waals surface area contributed by atoms with Crippen LogP contribution in [0.1, 0.15) is 54.4 Å². The van der Waals surface area contributed by atoms with Gasteiger partial charge in [0.1, 0.15) is 12.1 Å². The van der Waals surface area contributed by atoms with Crippen molar-refractivity contribution in [1.82, 2.24) is 25.6 Å². The Labute approximate surface area is 198 Å². The summed E-state index contributed by atoms with van der Waals surface area (Å²) in [5.74, 6) is -3.63. The summed E-state index contributed by atoms with van der Waals surface area (Å²) in [7, 11) is 1.08. The number of aliphatic hydroxyl groups is 1. The zero-order valence-corrected chi connectivity index (χ0v) is 20.7. The smallest absolute Gasteiger partial charge is 0.345 e. The summed E-state index contributed by atoms with van der Waals surface area (Å²) in [4.78, 5) is 76.5. The Morgan fingerprint density at radius 2 is 1.68 bits per heavy atom. The lowest BCUT2D eigenvalue weighted by atomic mass is 10.0. The van der Waals surface area contributed by atoms with Crippen LogP contribution in [0.5, 0.6) is 0 Å². The number of likely N-dealkylation sites (N-methyl/N-ethyl adjacent to an activating group) is 1. The fraction of sp³-hybridized carbons (Fsp3) is 0.714. The fourth-order valence-electron chi connectivity index (χ4n) is 3.28. The Kier molecular flexibility index (Phi) is 9.70. The predicted molar refractivity (Wildman–Crippen MR) is 121 cm³/mol. The largest absolute Gasteiger partial charge is 0.373 e. The molecule has 4 atom stereocenters. The maximum absolute atomic E-state index is 13.0. The topological polar surface area (TPSA) is 182 Å². The molecule has 0 aromatic rings. The van der Waals surface area contributed by atoms with E-state index in [1.807, 2.05) is 0 Å². The number of ketones is 1. The molecule has 6 amide bonds. The summed E-state index contributed by atoms with van der Waals surface area (Å²) in [6, 6.07) is -4.20. The number of hydrogen-bond donors (Lipinski definition) is 4. The molecule has 1 fully saturated rings. The highest BCUT2D eigenvalue weighted by Crippen LogP contribution is 2.19. The van der Waals surface area contributed by atoms with Crippen molar-refractivity contribution >= 4 is 35.4 Å². The first-order chi connectivity index (χ1) is 15.5. The molecule has 192 valence electrons. The Bertz CT molecular complexity index is 841. The van der Waals surface area contributed by atoms with Gasteiger partial charge in [-0.05, 0) is 54.4 Å². The monoisotopic (exact) mass is 484 g/mol. The van der Waals surface area contributed by atoms with Gasteiger partial charge >= 0.3 is 6.03 Å². The lowest BCUT2D eigenvalue weighted by Crippen LogP contribution is -2.62. The normalized spacial score (nSPS) is 19.0. The third-order valence-corrected chi connectivity index (χ3v) is 5.63. The number of urea groups is 1. The number of carbonyl (C=O) groups is 6. The molecule has 1 unspecified atom stereocenters. The van der Waals surface area contributed by atoms with Crippen molar-refractivity contribution in [3.05, 3.63) is 0 Å². The maximum Gasteiger partial charge on any atom is 0.345 e. The Morgan fingerprint density at radius 1 is 1.12 bits per heavy atom. The third kappa shape index (κ3) is 6.50. The zero-order chi connectivity index (χ0) is 26.5. The molecule has 13 heteroatoms. The van der Waals surface area contributed by atoms with Crippen LogP contribution in [0.25, 0.3) is 0 Å². The lowest BCUT2D eigenvalue weighted by Gasteiger charge is -2.34. The molecule has 0 radical (unpaired) electrons. The third-order valence-electron chi connectivity index (χ3n) is 5.63. The zero-order valence-electron chi connectivity index (χ0n) is 20.7. The van der Waals surface area contributed by atoms with Crippen molar-refractivity contribution in [2.24, 2.45) is 5.73 Å².